The molecule has 0 saturated heterocycles. The molecule has 24 heavy (non-hydrogen) atoms. The van der Waals surface area contributed by atoms with Crippen molar-refractivity contribution in [2.45, 2.75) is 44.6 Å². The number of ether oxygens (including phenoxy) is 2. The molecule has 0 saturated carbocycles. The number of carboxylic acids is 1. The van der Waals surface area contributed by atoms with Crippen LogP contribution in [0.1, 0.15) is 39.0 Å². The molecule has 0 radical (unpaired) electrons. The van der Waals surface area contributed by atoms with E-state index in [4.69, 9.17) is 20.9 Å². The molecule has 0 aliphatic rings. The molecule has 0 spiro atoms. The van der Waals surface area contributed by atoms with Gasteiger partial charge in [-0.3, -0.25) is 10.5 Å². The van der Waals surface area contributed by atoms with E-state index in [-0.39, 0.29) is 0 Å². The summed E-state index contributed by atoms with van der Waals surface area (Å²) < 4.78 is 9.92. The lowest BCUT2D eigenvalue weighted by molar-refractivity contribution is -0.174. The number of carbonyl (C=O) groups is 3. The summed E-state index contributed by atoms with van der Waals surface area (Å²) in [6.45, 7) is 4.66. The minimum atomic E-state index is -2.55. The van der Waals surface area contributed by atoms with E-state index in [1.807, 2.05) is 0 Å². The Labute approximate surface area is 139 Å². The van der Waals surface area contributed by atoms with Crippen molar-refractivity contribution in [3.63, 3.8) is 0 Å². The molecule has 1 rings (SSSR count). The summed E-state index contributed by atoms with van der Waals surface area (Å²) in [7, 11) is 0. The molecule has 0 aromatic heterocycles. The quantitative estimate of drug-likeness (QED) is 0.391. The van der Waals surface area contributed by atoms with E-state index in [0.29, 0.717) is 5.56 Å². The van der Waals surface area contributed by atoms with Crippen molar-refractivity contribution in [2.24, 2.45) is 11.5 Å². The van der Waals surface area contributed by atoms with Gasteiger partial charge < -0.3 is 20.3 Å². The molecule has 8 heteroatoms. The molecule has 1 aromatic rings. The fourth-order valence-corrected chi connectivity index (χ4v) is 1.73. The summed E-state index contributed by atoms with van der Waals surface area (Å²) in [5.74, 6) is -3.95. The second-order valence-electron chi connectivity index (χ2n) is 6.28. The minimum Gasteiger partial charge on any atom is -0.479 e. The third kappa shape index (κ3) is 5.32. The maximum absolute atomic E-state index is 12.0. The molecule has 8 nitrogen and oxygen atoms in total. The molecule has 2 unspecified atom stereocenters. The maximum Gasteiger partial charge on any atom is 0.338 e. The molecular weight excluding hydrogens is 316 g/mol. The third-order valence-corrected chi connectivity index (χ3v) is 2.95. The highest BCUT2D eigenvalue weighted by Crippen LogP contribution is 2.19. The lowest BCUT2D eigenvalue weighted by atomic mass is 9.96. The summed E-state index contributed by atoms with van der Waals surface area (Å²) in [4.78, 5) is 35.4. The van der Waals surface area contributed by atoms with Crippen LogP contribution in [-0.4, -0.2) is 34.2 Å². The number of nitrogens with two attached hydrogens (primary N) is 2. The van der Waals surface area contributed by atoms with Crippen LogP contribution in [0.4, 0.5) is 0 Å². The number of aliphatic carboxylic acids is 1. The first kappa shape index (κ1) is 19.6. The first-order valence-corrected chi connectivity index (χ1v) is 7.21. The fraction of sp³-hybridized carbons (Fsp3) is 0.438. The molecule has 0 bridgehead atoms. The number of benzene rings is 1. The normalized spacial score (nSPS) is 15.0. The van der Waals surface area contributed by atoms with Gasteiger partial charge in [0.15, 0.2) is 6.23 Å². The molecule has 5 N–H and O–H groups in total. The summed E-state index contributed by atoms with van der Waals surface area (Å²) >= 11 is 0. The van der Waals surface area contributed by atoms with Crippen molar-refractivity contribution in [1.82, 2.24) is 0 Å². The Morgan fingerprint density at radius 2 is 1.71 bits per heavy atom. The summed E-state index contributed by atoms with van der Waals surface area (Å²) in [5.41, 5.74) is 8.32. The van der Waals surface area contributed by atoms with Crippen LogP contribution in [0, 0.1) is 0 Å². The van der Waals surface area contributed by atoms with Crippen LogP contribution < -0.4 is 11.5 Å². The second kappa shape index (κ2) is 7.41. The number of hydrogen-bond acceptors (Lipinski definition) is 7. The zero-order valence-electron chi connectivity index (χ0n) is 13.8. The third-order valence-electron chi connectivity index (χ3n) is 2.95. The predicted molar refractivity (Wildman–Crippen MR) is 84.5 cm³/mol. The van der Waals surface area contributed by atoms with E-state index < -0.39 is 41.7 Å². The zero-order chi connectivity index (χ0) is 18.5. The highest BCUT2D eigenvalue weighted by molar-refractivity contribution is 6.06. The SMILES string of the molecule is CC(C)(C)OC(=O)C(N)(CC(=O)OC(N)c1ccccc1)C(=O)O. The van der Waals surface area contributed by atoms with Crippen LogP contribution in [0.25, 0.3) is 0 Å². The van der Waals surface area contributed by atoms with Crippen molar-refractivity contribution >= 4 is 17.9 Å². The Morgan fingerprint density at radius 3 is 2.17 bits per heavy atom. The molecule has 1 aromatic carbocycles. The van der Waals surface area contributed by atoms with Crippen molar-refractivity contribution in [2.75, 3.05) is 0 Å². The van der Waals surface area contributed by atoms with Crippen LogP contribution in [-0.2, 0) is 23.9 Å². The highest BCUT2D eigenvalue weighted by Gasteiger charge is 2.48. The number of rotatable bonds is 6. The van der Waals surface area contributed by atoms with Crippen LogP contribution >= 0.6 is 0 Å². The van der Waals surface area contributed by atoms with Crippen molar-refractivity contribution < 1.29 is 29.0 Å². The van der Waals surface area contributed by atoms with Gasteiger partial charge in [-0.1, -0.05) is 30.3 Å². The molecule has 0 aliphatic carbocycles. The van der Waals surface area contributed by atoms with Gasteiger partial charge in [-0.05, 0) is 20.8 Å². The zero-order valence-corrected chi connectivity index (χ0v) is 13.8. The van der Waals surface area contributed by atoms with Gasteiger partial charge in [0.2, 0.25) is 5.54 Å². The molecule has 0 fully saturated rings. The first-order chi connectivity index (χ1) is 11.0. The molecule has 0 heterocycles. The van der Waals surface area contributed by atoms with E-state index >= 15 is 0 Å². The Balaban J connectivity index is 2.83. The number of hydrogen-bond donors (Lipinski definition) is 3. The average molecular weight is 338 g/mol. The monoisotopic (exact) mass is 338 g/mol. The van der Waals surface area contributed by atoms with Gasteiger partial charge in [-0.2, -0.15) is 0 Å². The van der Waals surface area contributed by atoms with E-state index in [2.05, 4.69) is 0 Å². The summed E-state index contributed by atoms with van der Waals surface area (Å²) in [6.07, 6.45) is -2.01. The van der Waals surface area contributed by atoms with Gasteiger partial charge in [0.25, 0.3) is 0 Å². The second-order valence-corrected chi connectivity index (χ2v) is 6.28. The van der Waals surface area contributed by atoms with Gasteiger partial charge in [0.1, 0.15) is 5.60 Å². The summed E-state index contributed by atoms with van der Waals surface area (Å²) in [5, 5.41) is 9.23. The predicted octanol–water partition coefficient (Wildman–Crippen LogP) is 0.701. The van der Waals surface area contributed by atoms with Gasteiger partial charge >= 0.3 is 17.9 Å². The van der Waals surface area contributed by atoms with E-state index in [1.165, 1.54) is 0 Å². The topological polar surface area (TPSA) is 142 Å². The van der Waals surface area contributed by atoms with Crippen LogP contribution in [0.5, 0.6) is 0 Å². The smallest absolute Gasteiger partial charge is 0.338 e. The van der Waals surface area contributed by atoms with Crippen LogP contribution in [0.3, 0.4) is 0 Å². The van der Waals surface area contributed by atoms with Gasteiger partial charge in [-0.15, -0.1) is 0 Å². The van der Waals surface area contributed by atoms with E-state index in [0.717, 1.165) is 0 Å². The number of carbonyl (C=O) groups excluding carboxylic acids is 2. The Morgan fingerprint density at radius 1 is 1.17 bits per heavy atom. The van der Waals surface area contributed by atoms with Gasteiger partial charge in [0, 0.05) is 5.56 Å². The highest BCUT2D eigenvalue weighted by atomic mass is 16.6. The Bertz CT molecular complexity index is 611. The van der Waals surface area contributed by atoms with E-state index in [9.17, 15) is 19.5 Å². The Kier molecular flexibility index (Phi) is 6.05. The van der Waals surface area contributed by atoms with Crippen molar-refractivity contribution in [3.8, 4) is 0 Å². The lowest BCUT2D eigenvalue weighted by Gasteiger charge is -2.27. The first-order valence-electron chi connectivity index (χ1n) is 7.21. The Hall–Kier alpha value is -2.45. The molecule has 0 amide bonds. The number of esters is 2. The molecule has 132 valence electrons. The van der Waals surface area contributed by atoms with Crippen molar-refractivity contribution in [1.29, 1.82) is 0 Å². The average Bonchev–Trinajstić information content (AvgIpc) is 2.45. The van der Waals surface area contributed by atoms with Gasteiger partial charge in [-0.25, -0.2) is 9.59 Å². The molecular formula is C16H22N2O6. The number of carboxylic acid groups (broad SMARTS) is 1. The lowest BCUT2D eigenvalue weighted by Crippen LogP contribution is -2.58. The fourth-order valence-electron chi connectivity index (χ4n) is 1.73. The maximum atomic E-state index is 12.0. The summed E-state index contributed by atoms with van der Waals surface area (Å²) in [6, 6.07) is 8.44. The van der Waals surface area contributed by atoms with Crippen LogP contribution in [0.2, 0.25) is 0 Å². The van der Waals surface area contributed by atoms with Crippen molar-refractivity contribution in [3.05, 3.63) is 35.9 Å². The molecule has 0 aliphatic heterocycles. The largest absolute Gasteiger partial charge is 0.479 e. The van der Waals surface area contributed by atoms with Gasteiger partial charge in [0.05, 0.1) is 6.42 Å². The van der Waals surface area contributed by atoms with Crippen LogP contribution in [0.15, 0.2) is 30.3 Å². The van der Waals surface area contributed by atoms with E-state index in [1.54, 1.807) is 51.1 Å². The minimum absolute atomic E-state index is 0.515. The molecule has 2 atom stereocenters. The standard InChI is InChI=1S/C16H22N2O6/c1-15(2,3)24-14(22)16(18,13(20)21)9-11(19)23-12(17)10-7-5-4-6-8-10/h4-8,12H,9,17-18H2,1-3H3,(H,20,21).